The molecule has 4 heteroatoms. The Morgan fingerprint density at radius 1 is 1.53 bits per heavy atom. The average Bonchev–Trinajstić information content (AvgIpc) is 2.15. The molecule has 1 N–H and O–H groups in total. The van der Waals surface area contributed by atoms with Crippen molar-refractivity contribution in [1.82, 2.24) is 4.98 Å². The lowest BCUT2D eigenvalue weighted by Crippen LogP contribution is -2.16. The maximum Gasteiger partial charge on any atom is 0.0590 e. The number of hydrogen-bond donors (Lipinski definition) is 1. The highest BCUT2D eigenvalue weighted by Gasteiger charge is 2.07. The maximum atomic E-state index is 6.18. The molecule has 1 aromatic rings. The Morgan fingerprint density at radius 2 is 2.27 bits per heavy atom. The van der Waals surface area contributed by atoms with Crippen LogP contribution < -0.4 is 5.32 Å². The Morgan fingerprint density at radius 3 is 2.87 bits per heavy atom. The van der Waals surface area contributed by atoms with Gasteiger partial charge in [-0.05, 0) is 34.3 Å². The minimum atomic E-state index is 0.171. The zero-order valence-corrected chi connectivity index (χ0v) is 11.3. The number of nitrogens with one attached hydrogen (secondary N) is 1. The maximum absolute atomic E-state index is 6.18. The average molecular weight is 292 g/mol. The Labute approximate surface area is 105 Å². The molecule has 0 saturated carbocycles. The van der Waals surface area contributed by atoms with Gasteiger partial charge in [0.25, 0.3) is 0 Å². The van der Waals surface area contributed by atoms with E-state index >= 15 is 0 Å². The van der Waals surface area contributed by atoms with E-state index in [0.717, 1.165) is 23.1 Å². The first-order valence-electron chi connectivity index (χ1n) is 5.07. The largest absolute Gasteiger partial charge is 0.383 e. The zero-order valence-electron chi connectivity index (χ0n) is 9.00. The molecule has 0 fully saturated rings. The molecule has 1 atom stereocenters. The van der Waals surface area contributed by atoms with Gasteiger partial charge in [-0.3, -0.25) is 4.98 Å². The topological polar surface area (TPSA) is 24.9 Å². The molecule has 0 bridgehead atoms. The summed E-state index contributed by atoms with van der Waals surface area (Å²) in [4.78, 5) is 4.00. The number of nitrogens with zero attached hydrogens (tertiary/aromatic N) is 1. The first-order valence-corrected chi connectivity index (χ1v) is 6.30. The van der Waals surface area contributed by atoms with Crippen LogP contribution in [-0.4, -0.2) is 16.9 Å². The van der Waals surface area contributed by atoms with Gasteiger partial charge in [-0.15, -0.1) is 11.6 Å². The van der Waals surface area contributed by atoms with Crippen LogP contribution in [0.2, 0.25) is 0 Å². The van der Waals surface area contributed by atoms with Gasteiger partial charge < -0.3 is 5.32 Å². The van der Waals surface area contributed by atoms with E-state index in [1.54, 1.807) is 12.4 Å². The molecule has 0 amide bonds. The SMILES string of the molecule is CC(C)CC(Cl)CNc1ccncc1Br. The Hall–Kier alpha value is -0.280. The molecule has 0 aliphatic rings. The van der Waals surface area contributed by atoms with Gasteiger partial charge >= 0.3 is 0 Å². The monoisotopic (exact) mass is 290 g/mol. The minimum Gasteiger partial charge on any atom is -0.383 e. The molecular formula is C11H16BrClN2. The second kappa shape index (κ2) is 6.33. The van der Waals surface area contributed by atoms with Crippen molar-refractivity contribution in [3.05, 3.63) is 22.9 Å². The van der Waals surface area contributed by atoms with Crippen LogP contribution in [0.25, 0.3) is 0 Å². The van der Waals surface area contributed by atoms with Gasteiger partial charge in [0.2, 0.25) is 0 Å². The molecule has 0 aliphatic heterocycles. The van der Waals surface area contributed by atoms with E-state index in [1.807, 2.05) is 6.07 Å². The highest BCUT2D eigenvalue weighted by molar-refractivity contribution is 9.10. The van der Waals surface area contributed by atoms with Crippen LogP contribution in [0.4, 0.5) is 5.69 Å². The summed E-state index contributed by atoms with van der Waals surface area (Å²) in [5.41, 5.74) is 1.04. The molecule has 1 unspecified atom stereocenters. The standard InChI is InChI=1S/C11H16BrClN2/c1-8(2)5-9(13)6-15-11-3-4-14-7-10(11)12/h3-4,7-9H,5-6H2,1-2H3,(H,14,15). The summed E-state index contributed by atoms with van der Waals surface area (Å²) in [6.07, 6.45) is 4.56. The molecule has 2 nitrogen and oxygen atoms in total. The number of aromatic nitrogens is 1. The van der Waals surface area contributed by atoms with Crippen LogP contribution in [0.3, 0.4) is 0 Å². The van der Waals surface area contributed by atoms with Crippen molar-refractivity contribution in [2.24, 2.45) is 5.92 Å². The van der Waals surface area contributed by atoms with E-state index in [1.165, 1.54) is 0 Å². The second-order valence-corrected chi connectivity index (χ2v) is 5.43. The molecule has 1 rings (SSSR count). The summed E-state index contributed by atoms with van der Waals surface area (Å²) in [5.74, 6) is 0.634. The van der Waals surface area contributed by atoms with E-state index in [0.29, 0.717) is 5.92 Å². The van der Waals surface area contributed by atoms with Crippen molar-refractivity contribution in [2.45, 2.75) is 25.6 Å². The van der Waals surface area contributed by atoms with Gasteiger partial charge in [-0.2, -0.15) is 0 Å². The minimum absolute atomic E-state index is 0.171. The molecule has 0 aliphatic carbocycles. The van der Waals surface area contributed by atoms with E-state index < -0.39 is 0 Å². The third-order valence-corrected chi connectivity index (χ3v) is 2.98. The Kier molecular flexibility index (Phi) is 5.40. The number of anilines is 1. The predicted octanol–water partition coefficient (Wildman–Crippen LogP) is 3.91. The number of alkyl halides is 1. The van der Waals surface area contributed by atoms with Crippen molar-refractivity contribution in [3.8, 4) is 0 Å². The lowest BCUT2D eigenvalue weighted by atomic mass is 10.1. The molecule has 15 heavy (non-hydrogen) atoms. The van der Waals surface area contributed by atoms with Crippen LogP contribution in [-0.2, 0) is 0 Å². The summed E-state index contributed by atoms with van der Waals surface area (Å²) < 4.78 is 0.971. The fourth-order valence-corrected chi connectivity index (χ4v) is 2.16. The summed E-state index contributed by atoms with van der Waals surface area (Å²) in [6, 6.07) is 1.93. The van der Waals surface area contributed by atoms with Gasteiger partial charge in [0.15, 0.2) is 0 Å². The number of pyridine rings is 1. The third kappa shape index (κ3) is 4.85. The molecule has 0 aromatic carbocycles. The van der Waals surface area contributed by atoms with E-state index in [2.05, 4.69) is 40.1 Å². The van der Waals surface area contributed by atoms with E-state index in [-0.39, 0.29) is 5.38 Å². The molecule has 0 radical (unpaired) electrons. The van der Waals surface area contributed by atoms with E-state index in [4.69, 9.17) is 11.6 Å². The zero-order chi connectivity index (χ0) is 11.3. The van der Waals surface area contributed by atoms with Gasteiger partial charge in [0.05, 0.1) is 15.5 Å². The summed E-state index contributed by atoms with van der Waals surface area (Å²) in [6.45, 7) is 5.14. The van der Waals surface area contributed by atoms with Gasteiger partial charge in [-0.25, -0.2) is 0 Å². The molecule has 84 valence electrons. The highest BCUT2D eigenvalue weighted by atomic mass is 79.9. The normalized spacial score (nSPS) is 12.9. The number of rotatable bonds is 5. The van der Waals surface area contributed by atoms with E-state index in [9.17, 15) is 0 Å². The lowest BCUT2D eigenvalue weighted by molar-refractivity contribution is 0.572. The molecule has 0 saturated heterocycles. The molecule has 1 heterocycles. The van der Waals surface area contributed by atoms with Crippen LogP contribution in [0, 0.1) is 5.92 Å². The first kappa shape index (κ1) is 12.8. The third-order valence-electron chi connectivity index (χ3n) is 2.01. The highest BCUT2D eigenvalue weighted by Crippen LogP contribution is 2.20. The first-order chi connectivity index (χ1) is 7.09. The lowest BCUT2D eigenvalue weighted by Gasteiger charge is -2.14. The second-order valence-electron chi connectivity index (χ2n) is 3.96. The molecule has 1 aromatic heterocycles. The van der Waals surface area contributed by atoms with Crippen LogP contribution in [0.15, 0.2) is 22.9 Å². The van der Waals surface area contributed by atoms with Crippen molar-refractivity contribution < 1.29 is 0 Å². The Balaban J connectivity index is 2.40. The van der Waals surface area contributed by atoms with Crippen molar-refractivity contribution in [3.63, 3.8) is 0 Å². The number of hydrogen-bond acceptors (Lipinski definition) is 2. The fourth-order valence-electron chi connectivity index (χ4n) is 1.33. The van der Waals surface area contributed by atoms with Crippen LogP contribution >= 0.6 is 27.5 Å². The van der Waals surface area contributed by atoms with Gasteiger partial charge in [0.1, 0.15) is 0 Å². The van der Waals surface area contributed by atoms with Gasteiger partial charge in [0, 0.05) is 18.9 Å². The quantitative estimate of drug-likeness (QED) is 0.832. The Bertz CT molecular complexity index is 304. The summed E-state index contributed by atoms with van der Waals surface area (Å²) >= 11 is 9.61. The van der Waals surface area contributed by atoms with Crippen molar-refractivity contribution >= 4 is 33.2 Å². The molecule has 0 spiro atoms. The van der Waals surface area contributed by atoms with Crippen molar-refractivity contribution in [2.75, 3.05) is 11.9 Å². The summed E-state index contributed by atoms with van der Waals surface area (Å²) in [5, 5.41) is 3.47. The predicted molar refractivity (Wildman–Crippen MR) is 69.5 cm³/mol. The van der Waals surface area contributed by atoms with Crippen LogP contribution in [0.5, 0.6) is 0 Å². The number of halogens is 2. The molecular weight excluding hydrogens is 275 g/mol. The van der Waals surface area contributed by atoms with Crippen molar-refractivity contribution in [1.29, 1.82) is 0 Å². The summed E-state index contributed by atoms with van der Waals surface area (Å²) in [7, 11) is 0. The van der Waals surface area contributed by atoms with Gasteiger partial charge in [-0.1, -0.05) is 13.8 Å². The van der Waals surface area contributed by atoms with Crippen LogP contribution in [0.1, 0.15) is 20.3 Å². The fraction of sp³-hybridized carbons (Fsp3) is 0.545. The smallest absolute Gasteiger partial charge is 0.0590 e.